The van der Waals surface area contributed by atoms with Crippen LogP contribution in [0.5, 0.6) is 5.75 Å². The number of carbonyl (C=O) groups is 2. The van der Waals surface area contributed by atoms with Crippen LogP contribution in [0.2, 0.25) is 0 Å². The van der Waals surface area contributed by atoms with Gasteiger partial charge in [0.2, 0.25) is 0 Å². The van der Waals surface area contributed by atoms with Gasteiger partial charge in [-0.25, -0.2) is 4.79 Å². The van der Waals surface area contributed by atoms with E-state index >= 15 is 0 Å². The number of esters is 1. The molecule has 94 valence electrons. The van der Waals surface area contributed by atoms with Gasteiger partial charge in [-0.1, -0.05) is 0 Å². The van der Waals surface area contributed by atoms with Crippen LogP contribution >= 0.6 is 0 Å². The van der Waals surface area contributed by atoms with Crippen LogP contribution in [0, 0.1) is 0 Å². The van der Waals surface area contributed by atoms with Gasteiger partial charge in [-0.15, -0.1) is 0 Å². The van der Waals surface area contributed by atoms with Gasteiger partial charge in [-0.05, 0) is 18.2 Å². The molecule has 2 rings (SSSR count). The summed E-state index contributed by atoms with van der Waals surface area (Å²) in [6, 6.07) is 4.17. The number of methoxy groups -OCH3 is 1. The molecule has 0 atom stereocenters. The molecule has 0 aliphatic carbocycles. The van der Waals surface area contributed by atoms with Crippen LogP contribution in [0.3, 0.4) is 0 Å². The van der Waals surface area contributed by atoms with E-state index in [0.717, 1.165) is 0 Å². The molecule has 2 N–H and O–H groups in total. The van der Waals surface area contributed by atoms with E-state index in [-0.39, 0.29) is 23.5 Å². The molecule has 0 radical (unpaired) electrons. The fourth-order valence-electron chi connectivity index (χ4n) is 1.71. The Kier molecular flexibility index (Phi) is 2.93. The Labute approximate surface area is 101 Å². The van der Waals surface area contributed by atoms with Crippen molar-refractivity contribution in [3.8, 4) is 5.75 Å². The number of rotatable bonds is 3. The number of carboxylic acid groups (broad SMARTS) is 1. The molecular formula is C12H10O6. The molecule has 0 saturated heterocycles. The molecule has 1 heterocycles. The first-order chi connectivity index (χ1) is 8.52. The smallest absolute Gasteiger partial charge is 0.342 e. The van der Waals surface area contributed by atoms with Crippen LogP contribution in [0.4, 0.5) is 0 Å². The third-order valence-corrected chi connectivity index (χ3v) is 2.44. The van der Waals surface area contributed by atoms with Gasteiger partial charge in [0.05, 0.1) is 7.11 Å². The zero-order chi connectivity index (χ0) is 13.3. The lowest BCUT2D eigenvalue weighted by molar-refractivity contribution is -0.136. The van der Waals surface area contributed by atoms with Crippen molar-refractivity contribution in [3.05, 3.63) is 29.5 Å². The number of aromatic hydroxyl groups is 1. The fraction of sp³-hybridized carbons (Fsp3) is 0.167. The third-order valence-electron chi connectivity index (χ3n) is 2.44. The van der Waals surface area contributed by atoms with Crippen LogP contribution in [-0.2, 0) is 16.0 Å². The summed E-state index contributed by atoms with van der Waals surface area (Å²) in [4.78, 5) is 22.1. The first-order valence-electron chi connectivity index (χ1n) is 5.07. The minimum absolute atomic E-state index is 0.0320. The molecule has 0 aliphatic heterocycles. The first kappa shape index (κ1) is 12.0. The molecule has 0 aliphatic rings. The van der Waals surface area contributed by atoms with Gasteiger partial charge in [0, 0.05) is 5.39 Å². The minimum atomic E-state index is -1.04. The maximum absolute atomic E-state index is 11.5. The number of fused-ring (bicyclic) bond motifs is 1. The van der Waals surface area contributed by atoms with Crippen molar-refractivity contribution in [2.24, 2.45) is 0 Å². The lowest BCUT2D eigenvalue weighted by Gasteiger charge is -2.02. The summed E-state index contributed by atoms with van der Waals surface area (Å²) in [5.41, 5.74) is 0.292. The van der Waals surface area contributed by atoms with Gasteiger partial charge < -0.3 is 19.4 Å². The highest BCUT2D eigenvalue weighted by Gasteiger charge is 2.19. The first-order valence-corrected chi connectivity index (χ1v) is 5.07. The zero-order valence-electron chi connectivity index (χ0n) is 9.47. The summed E-state index contributed by atoms with van der Waals surface area (Å²) in [6.07, 6.45) is -0.296. The maximum Gasteiger partial charge on any atom is 0.342 e. The van der Waals surface area contributed by atoms with E-state index < -0.39 is 11.9 Å². The van der Waals surface area contributed by atoms with Gasteiger partial charge in [-0.2, -0.15) is 0 Å². The van der Waals surface area contributed by atoms with Crippen LogP contribution in [0.1, 0.15) is 16.1 Å². The Morgan fingerprint density at radius 3 is 2.72 bits per heavy atom. The lowest BCUT2D eigenvalue weighted by Crippen LogP contribution is -2.02. The largest absolute Gasteiger partial charge is 0.507 e. The summed E-state index contributed by atoms with van der Waals surface area (Å²) in [6.45, 7) is 0. The number of carbonyl (C=O) groups excluding carboxylic acids is 1. The third kappa shape index (κ3) is 2.00. The topological polar surface area (TPSA) is 97.0 Å². The number of hydrogen-bond donors (Lipinski definition) is 2. The highest BCUT2D eigenvalue weighted by atomic mass is 16.5. The second-order valence-corrected chi connectivity index (χ2v) is 3.65. The monoisotopic (exact) mass is 250 g/mol. The Balaban J connectivity index is 2.61. The number of hydrogen-bond acceptors (Lipinski definition) is 5. The van der Waals surface area contributed by atoms with Gasteiger partial charge >= 0.3 is 11.9 Å². The van der Waals surface area contributed by atoms with Crippen molar-refractivity contribution < 1.29 is 29.0 Å². The number of aliphatic carboxylic acids is 1. The number of phenols is 1. The average Bonchev–Trinajstić information content (AvgIpc) is 2.69. The highest BCUT2D eigenvalue weighted by molar-refractivity contribution is 6.06. The fourth-order valence-corrected chi connectivity index (χ4v) is 1.71. The van der Waals surface area contributed by atoms with Crippen LogP contribution in [0.25, 0.3) is 11.0 Å². The number of benzene rings is 1. The summed E-state index contributed by atoms with van der Waals surface area (Å²) >= 11 is 0. The van der Waals surface area contributed by atoms with E-state index in [9.17, 15) is 14.7 Å². The summed E-state index contributed by atoms with van der Waals surface area (Å²) in [5.74, 6) is -1.79. The van der Waals surface area contributed by atoms with Gasteiger partial charge in [0.15, 0.2) is 0 Å². The molecule has 0 fully saturated rings. The summed E-state index contributed by atoms with van der Waals surface area (Å²) in [5, 5.41) is 18.6. The van der Waals surface area contributed by atoms with E-state index in [1.54, 1.807) is 0 Å². The average molecular weight is 250 g/mol. The standard InChI is InChI=1S/C12H10O6/c1-17-12(16)11-7-4-6(5-10(14)15)18-9(7)3-2-8(11)13/h2-4,13H,5H2,1H3,(H,14,15). The van der Waals surface area contributed by atoms with Crippen LogP contribution < -0.4 is 0 Å². The molecule has 6 nitrogen and oxygen atoms in total. The Hall–Kier alpha value is -2.50. The molecule has 1 aromatic carbocycles. The molecule has 6 heteroatoms. The van der Waals surface area contributed by atoms with Gasteiger partial charge in [0.25, 0.3) is 0 Å². The van der Waals surface area contributed by atoms with E-state index in [0.29, 0.717) is 11.0 Å². The molecule has 0 unspecified atom stereocenters. The quantitative estimate of drug-likeness (QED) is 0.802. The van der Waals surface area contributed by atoms with Crippen molar-refractivity contribution in [2.45, 2.75) is 6.42 Å². The van der Waals surface area contributed by atoms with Crippen LogP contribution in [-0.4, -0.2) is 29.3 Å². The molecule has 2 aromatic rings. The number of furan rings is 1. The second-order valence-electron chi connectivity index (χ2n) is 3.65. The lowest BCUT2D eigenvalue weighted by atomic mass is 10.1. The van der Waals surface area contributed by atoms with E-state index in [1.165, 1.54) is 25.3 Å². The summed E-state index contributed by atoms with van der Waals surface area (Å²) < 4.78 is 9.83. The molecular weight excluding hydrogens is 240 g/mol. The Morgan fingerprint density at radius 2 is 2.11 bits per heavy atom. The van der Waals surface area contributed by atoms with Gasteiger partial charge in [0.1, 0.15) is 29.1 Å². The van der Waals surface area contributed by atoms with Crippen molar-refractivity contribution in [1.82, 2.24) is 0 Å². The molecule has 0 amide bonds. The zero-order valence-corrected chi connectivity index (χ0v) is 9.47. The minimum Gasteiger partial charge on any atom is -0.507 e. The number of ether oxygens (including phenoxy) is 1. The van der Waals surface area contributed by atoms with E-state index in [1.807, 2.05) is 0 Å². The number of phenolic OH excluding ortho intramolecular Hbond substituents is 1. The normalized spacial score (nSPS) is 10.5. The maximum atomic E-state index is 11.5. The number of carboxylic acids is 1. The predicted molar refractivity (Wildman–Crippen MR) is 60.6 cm³/mol. The Morgan fingerprint density at radius 1 is 1.39 bits per heavy atom. The van der Waals surface area contributed by atoms with E-state index in [4.69, 9.17) is 9.52 Å². The highest BCUT2D eigenvalue weighted by Crippen LogP contribution is 2.30. The van der Waals surface area contributed by atoms with Gasteiger partial charge in [-0.3, -0.25) is 4.79 Å². The van der Waals surface area contributed by atoms with Crippen molar-refractivity contribution in [3.63, 3.8) is 0 Å². The summed E-state index contributed by atoms with van der Waals surface area (Å²) in [7, 11) is 1.19. The van der Waals surface area contributed by atoms with Crippen molar-refractivity contribution in [2.75, 3.05) is 7.11 Å². The van der Waals surface area contributed by atoms with Crippen LogP contribution in [0.15, 0.2) is 22.6 Å². The van der Waals surface area contributed by atoms with E-state index in [2.05, 4.69) is 4.74 Å². The van der Waals surface area contributed by atoms with Crippen molar-refractivity contribution in [1.29, 1.82) is 0 Å². The molecule has 0 saturated carbocycles. The molecule has 18 heavy (non-hydrogen) atoms. The SMILES string of the molecule is COC(=O)c1c(O)ccc2oc(CC(=O)O)cc12. The van der Waals surface area contributed by atoms with Crippen molar-refractivity contribution >= 4 is 22.9 Å². The second kappa shape index (κ2) is 4.40. The molecule has 0 spiro atoms. The Bertz CT molecular complexity index is 625. The molecule has 1 aromatic heterocycles. The predicted octanol–water partition coefficient (Wildman–Crippen LogP) is 1.55. The molecule has 0 bridgehead atoms.